The maximum atomic E-state index is 13.0. The molecule has 3 aliphatic rings. The van der Waals surface area contributed by atoms with Crippen LogP contribution in [0.2, 0.25) is 0 Å². The first-order chi connectivity index (χ1) is 14.7. The smallest absolute Gasteiger partial charge is 0.319 e. The molecule has 0 aliphatic heterocycles. The first-order valence-electron chi connectivity index (χ1n) is 10.9. The number of aromatic nitrogens is 1. The molecule has 0 unspecified atom stereocenters. The molecule has 0 spiro atoms. The monoisotopic (exact) mass is 441 g/mol. The Kier molecular flexibility index (Phi) is 5.81. The van der Waals surface area contributed by atoms with Gasteiger partial charge in [-0.05, 0) is 77.8 Å². The van der Waals surface area contributed by atoms with Gasteiger partial charge in [-0.15, -0.1) is 0 Å². The van der Waals surface area contributed by atoms with E-state index in [1.54, 1.807) is 36.7 Å². The van der Waals surface area contributed by atoms with Crippen molar-refractivity contribution in [3.63, 3.8) is 0 Å². The number of nitrogens with one attached hydrogen (secondary N) is 2. The Labute approximate surface area is 184 Å². The molecule has 7 heteroatoms. The Bertz CT molecular complexity index is 1040. The number of benzene rings is 1. The van der Waals surface area contributed by atoms with Crippen molar-refractivity contribution in [1.82, 2.24) is 10.3 Å². The first-order valence-corrected chi connectivity index (χ1v) is 12.6. The number of amides is 2. The fraction of sp³-hybridized carbons (Fsp3) is 0.500. The van der Waals surface area contributed by atoms with Crippen LogP contribution in [-0.2, 0) is 16.4 Å². The summed E-state index contributed by atoms with van der Waals surface area (Å²) in [7, 11) is -3.36. The molecule has 5 rings (SSSR count). The predicted molar refractivity (Wildman–Crippen MR) is 121 cm³/mol. The molecule has 1 aromatic heterocycles. The van der Waals surface area contributed by atoms with Crippen LogP contribution < -0.4 is 10.6 Å². The highest BCUT2D eigenvalue weighted by Gasteiger charge is 2.56. The number of nitrogens with zero attached hydrogens (tertiary/aromatic N) is 1. The molecule has 3 saturated carbocycles. The molecule has 0 radical (unpaired) electrons. The molecular formula is C24H31N3O3S. The van der Waals surface area contributed by atoms with E-state index in [9.17, 15) is 13.2 Å². The van der Waals surface area contributed by atoms with Gasteiger partial charge >= 0.3 is 6.03 Å². The number of pyridine rings is 1. The molecule has 2 bridgehead atoms. The van der Waals surface area contributed by atoms with Gasteiger partial charge in [-0.25, -0.2) is 13.2 Å². The second kappa shape index (κ2) is 8.26. The number of hydrogen-bond acceptors (Lipinski definition) is 4. The van der Waals surface area contributed by atoms with Crippen molar-refractivity contribution in [2.24, 2.45) is 29.1 Å². The summed E-state index contributed by atoms with van der Waals surface area (Å²) in [5.74, 6) is 2.13. The molecule has 4 atom stereocenters. The van der Waals surface area contributed by atoms with Crippen molar-refractivity contribution in [2.45, 2.75) is 45.1 Å². The van der Waals surface area contributed by atoms with Crippen LogP contribution in [0.1, 0.15) is 39.2 Å². The Morgan fingerprint density at radius 2 is 1.90 bits per heavy atom. The number of anilines is 1. The number of carbonyl (C=O) groups excluding carboxylic acids is 1. The van der Waals surface area contributed by atoms with Crippen LogP contribution in [0.25, 0.3) is 0 Å². The third-order valence-corrected chi connectivity index (χ3v) is 9.45. The highest BCUT2D eigenvalue weighted by molar-refractivity contribution is 7.91. The molecular weight excluding hydrogens is 410 g/mol. The second-order valence-corrected chi connectivity index (χ2v) is 11.7. The molecule has 2 N–H and O–H groups in total. The van der Waals surface area contributed by atoms with Gasteiger partial charge in [0.25, 0.3) is 0 Å². The van der Waals surface area contributed by atoms with E-state index in [1.807, 2.05) is 12.1 Å². The molecule has 6 nitrogen and oxygen atoms in total. The molecule has 1 heterocycles. The fourth-order valence-electron chi connectivity index (χ4n) is 5.46. The van der Waals surface area contributed by atoms with Crippen LogP contribution in [0.15, 0.2) is 53.7 Å². The lowest BCUT2D eigenvalue weighted by molar-refractivity contribution is -0.123. The van der Waals surface area contributed by atoms with Gasteiger partial charge in [-0.1, -0.05) is 26.8 Å². The van der Waals surface area contributed by atoms with Crippen molar-refractivity contribution in [1.29, 1.82) is 0 Å². The number of fused-ring (bicyclic) bond motifs is 2. The predicted octanol–water partition coefficient (Wildman–Crippen LogP) is 4.50. The molecule has 1 aromatic carbocycles. The zero-order valence-corrected chi connectivity index (χ0v) is 19.2. The highest BCUT2D eigenvalue weighted by Crippen LogP contribution is 2.63. The van der Waals surface area contributed by atoms with E-state index in [2.05, 4.69) is 36.4 Å². The van der Waals surface area contributed by atoms with Crippen LogP contribution in [0, 0.1) is 29.1 Å². The minimum absolute atomic E-state index is 0.204. The second-order valence-electron chi connectivity index (χ2n) is 9.69. The van der Waals surface area contributed by atoms with Crippen molar-refractivity contribution < 1.29 is 13.2 Å². The Hall–Kier alpha value is -2.41. The summed E-state index contributed by atoms with van der Waals surface area (Å²) < 4.78 is 26.0. The largest absolute Gasteiger partial charge is 0.334 e. The highest BCUT2D eigenvalue weighted by atomic mass is 32.2. The minimum Gasteiger partial charge on any atom is -0.334 e. The van der Waals surface area contributed by atoms with Gasteiger partial charge in [-0.3, -0.25) is 4.98 Å². The zero-order valence-electron chi connectivity index (χ0n) is 18.3. The molecule has 3 aliphatic carbocycles. The summed E-state index contributed by atoms with van der Waals surface area (Å²) in [5.41, 5.74) is 1.80. The summed E-state index contributed by atoms with van der Waals surface area (Å²) in [4.78, 5) is 16.4. The van der Waals surface area contributed by atoms with E-state index in [-0.39, 0.29) is 17.7 Å². The number of sulfone groups is 1. The van der Waals surface area contributed by atoms with Crippen LogP contribution in [0.4, 0.5) is 10.5 Å². The summed E-state index contributed by atoms with van der Waals surface area (Å²) >= 11 is 0. The Morgan fingerprint density at radius 1 is 1.16 bits per heavy atom. The number of carbonyl (C=O) groups is 1. The van der Waals surface area contributed by atoms with E-state index in [4.69, 9.17) is 0 Å². The van der Waals surface area contributed by atoms with E-state index >= 15 is 0 Å². The van der Waals surface area contributed by atoms with Crippen LogP contribution in [0.3, 0.4) is 0 Å². The van der Waals surface area contributed by atoms with Gasteiger partial charge in [0.05, 0.1) is 10.6 Å². The SMILES string of the molecule is C[C@H]1[C@H](CS(=O)(=O)c2ccc(NC(=O)NCc3cccnc3)cc2)C[C@@H]2C[C@H]1C2(C)C. The number of rotatable bonds is 6. The van der Waals surface area contributed by atoms with Gasteiger partial charge in [0.2, 0.25) is 0 Å². The van der Waals surface area contributed by atoms with Gasteiger partial charge < -0.3 is 10.6 Å². The quantitative estimate of drug-likeness (QED) is 0.691. The first kappa shape index (κ1) is 21.8. The standard InChI is InChI=1S/C24H31N3O3S/c1-16-18(11-19-12-22(16)24(19,2)3)15-31(29,30)21-8-6-20(7-9-21)27-23(28)26-14-17-5-4-10-25-13-17/h4-10,13,16,18-19,22H,11-12,14-15H2,1-3H3,(H2,26,27,28)/t16-,18-,19+,22+/m0/s1. The van der Waals surface area contributed by atoms with E-state index in [1.165, 1.54) is 6.42 Å². The molecule has 31 heavy (non-hydrogen) atoms. The fourth-order valence-corrected chi connectivity index (χ4v) is 7.21. The lowest BCUT2D eigenvalue weighted by Crippen LogP contribution is -2.55. The minimum atomic E-state index is -3.36. The lowest BCUT2D eigenvalue weighted by atomic mass is 9.44. The maximum absolute atomic E-state index is 13.0. The number of urea groups is 1. The number of hydrogen-bond donors (Lipinski definition) is 2. The van der Waals surface area contributed by atoms with Crippen molar-refractivity contribution in [3.05, 3.63) is 54.4 Å². The van der Waals surface area contributed by atoms with E-state index in [0.29, 0.717) is 40.3 Å². The van der Waals surface area contributed by atoms with Crippen molar-refractivity contribution in [3.8, 4) is 0 Å². The van der Waals surface area contributed by atoms with Crippen molar-refractivity contribution >= 4 is 21.6 Å². The maximum Gasteiger partial charge on any atom is 0.319 e. The lowest BCUT2D eigenvalue weighted by Gasteiger charge is -2.62. The van der Waals surface area contributed by atoms with Crippen LogP contribution in [-0.4, -0.2) is 25.2 Å². The molecule has 3 fully saturated rings. The summed E-state index contributed by atoms with van der Waals surface area (Å²) in [6, 6.07) is 9.80. The normalized spacial score (nSPS) is 26.5. The Morgan fingerprint density at radius 3 is 2.52 bits per heavy atom. The van der Waals surface area contributed by atoms with Crippen LogP contribution in [0.5, 0.6) is 0 Å². The van der Waals surface area contributed by atoms with Crippen molar-refractivity contribution in [2.75, 3.05) is 11.1 Å². The van der Waals surface area contributed by atoms with Gasteiger partial charge in [-0.2, -0.15) is 0 Å². The molecule has 2 aromatic rings. The van der Waals surface area contributed by atoms with Crippen LogP contribution >= 0.6 is 0 Å². The average Bonchev–Trinajstić information content (AvgIpc) is 2.74. The van der Waals surface area contributed by atoms with Gasteiger partial charge in [0.15, 0.2) is 9.84 Å². The zero-order chi connectivity index (χ0) is 22.2. The molecule has 2 amide bonds. The third-order valence-electron chi connectivity index (χ3n) is 7.59. The summed E-state index contributed by atoms with van der Waals surface area (Å²) in [5, 5.41) is 5.49. The topological polar surface area (TPSA) is 88.2 Å². The Balaban J connectivity index is 1.33. The third kappa shape index (κ3) is 4.47. The van der Waals surface area contributed by atoms with E-state index in [0.717, 1.165) is 12.0 Å². The molecule has 0 saturated heterocycles. The average molecular weight is 442 g/mol. The van der Waals surface area contributed by atoms with Gasteiger partial charge in [0, 0.05) is 24.6 Å². The van der Waals surface area contributed by atoms with Gasteiger partial charge in [0.1, 0.15) is 0 Å². The molecule has 166 valence electrons. The summed E-state index contributed by atoms with van der Waals surface area (Å²) in [6.07, 6.45) is 5.61. The van der Waals surface area contributed by atoms with E-state index < -0.39 is 9.84 Å². The summed E-state index contributed by atoms with van der Waals surface area (Å²) in [6.45, 7) is 7.24.